The molecule has 6 aromatic heterocycles. The molecule has 6 heterocycles. The standard InChI is InChI=1S/C91H79N7/c1-88(2,3)58-43-47-78-68(51-58)63-34-21-25-39-74(63)95(78)83-82(67-38-20-19-33-62(67)73-55-72(56-29-15-13-16-30-56)92-85(93-73)57-31-17-14-18-32-57)84(96-75-40-26-22-35-64(75)69-52-59(89(4,5)6)44-48-79(69)96)87(98-77-42-28-24-37-66(77)71-54-61(91(10,11)12)46-50-81(71)98)94-86(83)97-76-41-27-23-36-65(76)70-53-60(90(7,8)9)45-49-80(70)97/h13-55H,1-12H3. The van der Waals surface area contributed by atoms with Crippen LogP contribution in [-0.4, -0.2) is 33.2 Å². The van der Waals surface area contributed by atoms with E-state index in [-0.39, 0.29) is 21.7 Å². The predicted octanol–water partition coefficient (Wildman–Crippen LogP) is 24.1. The van der Waals surface area contributed by atoms with E-state index in [0.29, 0.717) is 5.82 Å². The molecule has 0 aliphatic rings. The molecular weight excluding hydrogens is 1190 g/mol. The van der Waals surface area contributed by atoms with E-state index in [9.17, 15) is 0 Å². The largest absolute Gasteiger partial charge is 0.305 e. The van der Waals surface area contributed by atoms with Gasteiger partial charge in [0.2, 0.25) is 0 Å². The number of hydrogen-bond acceptors (Lipinski definition) is 3. The third kappa shape index (κ3) is 9.71. The number of pyridine rings is 1. The van der Waals surface area contributed by atoms with Crippen LogP contribution in [0.4, 0.5) is 0 Å². The maximum Gasteiger partial charge on any atom is 0.165 e. The molecule has 0 saturated carbocycles. The van der Waals surface area contributed by atoms with Crippen LogP contribution in [0.25, 0.3) is 155 Å². The lowest BCUT2D eigenvalue weighted by molar-refractivity contribution is 0.591. The summed E-state index contributed by atoms with van der Waals surface area (Å²) in [5, 5.41) is 9.27. The summed E-state index contributed by atoms with van der Waals surface area (Å²) in [4.78, 5) is 17.9. The first-order valence-corrected chi connectivity index (χ1v) is 34.5. The maximum atomic E-state index is 6.71. The molecule has 0 aliphatic carbocycles. The fourth-order valence-electron chi connectivity index (χ4n) is 15.2. The molecule has 0 radical (unpaired) electrons. The van der Waals surface area contributed by atoms with Crippen molar-refractivity contribution in [3.63, 3.8) is 0 Å². The summed E-state index contributed by atoms with van der Waals surface area (Å²) in [6.45, 7) is 27.8. The van der Waals surface area contributed by atoms with Gasteiger partial charge in [0.25, 0.3) is 0 Å². The number of rotatable bonds is 8. The Morgan fingerprint density at radius 2 is 0.531 bits per heavy atom. The lowest BCUT2D eigenvalue weighted by Gasteiger charge is -2.28. The Kier molecular flexibility index (Phi) is 13.7. The molecule has 0 fully saturated rings. The van der Waals surface area contributed by atoms with E-state index in [1.54, 1.807) is 0 Å². The maximum absolute atomic E-state index is 6.71. The average molecular weight is 1270 g/mol. The van der Waals surface area contributed by atoms with Crippen molar-refractivity contribution >= 4 is 87.2 Å². The Labute approximate surface area is 573 Å². The van der Waals surface area contributed by atoms with E-state index in [1.165, 1.54) is 33.0 Å². The van der Waals surface area contributed by atoms with Crippen LogP contribution in [0.2, 0.25) is 0 Å². The molecule has 17 rings (SSSR count). The molecule has 0 aliphatic heterocycles. The van der Waals surface area contributed by atoms with Crippen molar-refractivity contribution in [1.29, 1.82) is 0 Å². The normalized spacial score (nSPS) is 12.7. The molecule has 478 valence electrons. The summed E-state index contributed by atoms with van der Waals surface area (Å²) >= 11 is 0. The van der Waals surface area contributed by atoms with Crippen LogP contribution >= 0.6 is 0 Å². The number of para-hydroxylation sites is 4. The van der Waals surface area contributed by atoms with Gasteiger partial charge in [0.05, 0.1) is 55.5 Å². The van der Waals surface area contributed by atoms with Crippen LogP contribution in [0.5, 0.6) is 0 Å². The lowest BCUT2D eigenvalue weighted by atomic mass is 9.86. The SMILES string of the molecule is CC(C)(C)c1ccc2c(c1)c1ccccc1n2-c1nc(-n2c3ccccc3c3cc(C(C)(C)C)ccc32)c(-n2c3ccccc3c3cc(C(C)(C)C)ccc32)c(-c2ccccc2-c2cc(-c3ccccc3)nc(-c3ccccc3)n2)c1-n1c2ccccc2c2cc(C(C)(C)C)ccc21. The highest BCUT2D eigenvalue weighted by atomic mass is 15.2. The molecule has 17 aromatic rings. The Balaban J connectivity index is 1.18. The minimum absolute atomic E-state index is 0.123. The molecule has 0 amide bonds. The van der Waals surface area contributed by atoms with Gasteiger partial charge in [-0.05, 0) is 128 Å². The summed E-state index contributed by atoms with van der Waals surface area (Å²) in [6, 6.07) is 96.8. The summed E-state index contributed by atoms with van der Waals surface area (Å²) in [7, 11) is 0. The van der Waals surface area contributed by atoms with Gasteiger partial charge in [-0.1, -0.05) is 265 Å². The Morgan fingerprint density at radius 3 is 0.908 bits per heavy atom. The van der Waals surface area contributed by atoms with Crippen LogP contribution < -0.4 is 0 Å². The molecule has 7 heteroatoms. The molecule has 98 heavy (non-hydrogen) atoms. The van der Waals surface area contributed by atoms with Crippen LogP contribution in [0.1, 0.15) is 105 Å². The molecule has 7 nitrogen and oxygen atoms in total. The zero-order valence-corrected chi connectivity index (χ0v) is 58.0. The summed E-state index contributed by atoms with van der Waals surface area (Å²) < 4.78 is 10.1. The monoisotopic (exact) mass is 1270 g/mol. The number of fused-ring (bicyclic) bond motifs is 12. The van der Waals surface area contributed by atoms with E-state index in [4.69, 9.17) is 15.0 Å². The van der Waals surface area contributed by atoms with Crippen LogP contribution in [0, 0.1) is 0 Å². The van der Waals surface area contributed by atoms with Crippen molar-refractivity contribution in [2.24, 2.45) is 0 Å². The third-order valence-electron chi connectivity index (χ3n) is 20.4. The summed E-state index contributed by atoms with van der Waals surface area (Å²) in [5.74, 6) is 2.19. The molecule has 0 atom stereocenters. The molecule has 0 N–H and O–H groups in total. The zero-order chi connectivity index (χ0) is 67.3. The van der Waals surface area contributed by atoms with Crippen molar-refractivity contribution in [2.75, 3.05) is 0 Å². The van der Waals surface area contributed by atoms with Crippen molar-refractivity contribution in [2.45, 2.75) is 105 Å². The van der Waals surface area contributed by atoms with Gasteiger partial charge in [0.15, 0.2) is 17.5 Å². The average Bonchev–Trinajstić information content (AvgIpc) is 1.44. The van der Waals surface area contributed by atoms with E-state index < -0.39 is 0 Å². The molecule has 0 saturated heterocycles. The fraction of sp³-hybridized carbons (Fsp3) is 0.176. The predicted molar refractivity (Wildman–Crippen MR) is 414 cm³/mol. The first-order valence-electron chi connectivity index (χ1n) is 34.5. The van der Waals surface area contributed by atoms with Gasteiger partial charge in [-0.2, -0.15) is 0 Å². The number of hydrogen-bond donors (Lipinski definition) is 0. The smallest absolute Gasteiger partial charge is 0.165 e. The number of aromatic nitrogens is 7. The zero-order valence-electron chi connectivity index (χ0n) is 58.0. The van der Waals surface area contributed by atoms with Gasteiger partial charge >= 0.3 is 0 Å². The number of benzene rings is 11. The van der Waals surface area contributed by atoms with E-state index >= 15 is 0 Å². The second-order valence-electron chi connectivity index (χ2n) is 30.9. The van der Waals surface area contributed by atoms with Gasteiger partial charge < -0.3 is 9.13 Å². The second kappa shape index (κ2) is 22.2. The van der Waals surface area contributed by atoms with Crippen molar-refractivity contribution < 1.29 is 0 Å². The van der Waals surface area contributed by atoms with Gasteiger partial charge in [0.1, 0.15) is 11.4 Å². The van der Waals surface area contributed by atoms with Crippen LogP contribution in [0.15, 0.2) is 261 Å². The Bertz CT molecular complexity index is 5740. The van der Waals surface area contributed by atoms with Gasteiger partial charge in [0, 0.05) is 65.3 Å². The summed E-state index contributed by atoms with van der Waals surface area (Å²) in [6.07, 6.45) is 0. The van der Waals surface area contributed by atoms with E-state index in [2.05, 4.69) is 362 Å². The van der Waals surface area contributed by atoms with Crippen LogP contribution in [0.3, 0.4) is 0 Å². The molecule has 0 bridgehead atoms. The first-order chi connectivity index (χ1) is 47.2. The topological polar surface area (TPSA) is 58.4 Å². The second-order valence-corrected chi connectivity index (χ2v) is 30.9. The molecular formula is C91H79N7. The van der Waals surface area contributed by atoms with Crippen molar-refractivity contribution in [3.8, 4) is 68.0 Å². The van der Waals surface area contributed by atoms with E-state index in [1.807, 2.05) is 0 Å². The molecule has 11 aromatic carbocycles. The first kappa shape index (κ1) is 60.5. The molecule has 0 unspecified atom stereocenters. The molecule has 0 spiro atoms. The highest BCUT2D eigenvalue weighted by molar-refractivity contribution is 6.16. The van der Waals surface area contributed by atoms with Gasteiger partial charge in [-0.25, -0.2) is 15.0 Å². The number of nitrogens with zero attached hydrogens (tertiary/aromatic N) is 7. The van der Waals surface area contributed by atoms with Gasteiger partial charge in [-0.3, -0.25) is 9.13 Å². The van der Waals surface area contributed by atoms with Crippen LogP contribution in [-0.2, 0) is 21.7 Å². The Hall–Kier alpha value is -11.2. The van der Waals surface area contributed by atoms with Gasteiger partial charge in [-0.15, -0.1) is 0 Å². The fourth-order valence-corrected chi connectivity index (χ4v) is 15.2. The quantitative estimate of drug-likeness (QED) is 0.152. The summed E-state index contributed by atoms with van der Waals surface area (Å²) in [5.41, 5.74) is 21.3. The minimum atomic E-state index is -0.133. The highest BCUT2D eigenvalue weighted by Crippen LogP contribution is 2.52. The van der Waals surface area contributed by atoms with Crippen molar-refractivity contribution in [1.82, 2.24) is 33.2 Å². The minimum Gasteiger partial charge on any atom is -0.305 e. The lowest BCUT2D eigenvalue weighted by Crippen LogP contribution is -2.16. The highest BCUT2D eigenvalue weighted by Gasteiger charge is 2.35. The third-order valence-corrected chi connectivity index (χ3v) is 20.4. The van der Waals surface area contributed by atoms with Crippen molar-refractivity contribution in [3.05, 3.63) is 283 Å². The Morgan fingerprint density at radius 1 is 0.235 bits per heavy atom. The van der Waals surface area contributed by atoms with E-state index in [0.717, 1.165) is 139 Å².